The summed E-state index contributed by atoms with van der Waals surface area (Å²) >= 11 is 0. The summed E-state index contributed by atoms with van der Waals surface area (Å²) in [5.41, 5.74) is 5.03. The van der Waals surface area contributed by atoms with Gasteiger partial charge in [0.15, 0.2) is 0 Å². The Bertz CT molecular complexity index is 403. The minimum atomic E-state index is -4.44. The van der Waals surface area contributed by atoms with Crippen molar-refractivity contribution >= 4 is 5.69 Å². The van der Waals surface area contributed by atoms with Gasteiger partial charge in [-0.3, -0.25) is 0 Å². The van der Waals surface area contributed by atoms with Crippen LogP contribution in [0.25, 0.3) is 0 Å². The molecular weight excluding hydrogens is 217 g/mol. The second-order valence-electron chi connectivity index (χ2n) is 4.81. The van der Waals surface area contributed by atoms with Gasteiger partial charge in [-0.1, -0.05) is 20.8 Å². The molecule has 0 bridgehead atoms. The van der Waals surface area contributed by atoms with Gasteiger partial charge in [0.2, 0.25) is 0 Å². The fraction of sp³-hybridized carbons (Fsp3) is 0.545. The summed E-state index contributed by atoms with van der Waals surface area (Å²) < 4.78 is 38.4. The number of alkyl halides is 3. The van der Waals surface area contributed by atoms with Crippen LogP contribution in [-0.4, -0.2) is 4.98 Å². The van der Waals surface area contributed by atoms with Crippen molar-refractivity contribution in [3.8, 4) is 0 Å². The molecule has 0 saturated heterocycles. The highest BCUT2D eigenvalue weighted by Crippen LogP contribution is 2.39. The molecule has 0 aromatic carbocycles. The summed E-state index contributed by atoms with van der Waals surface area (Å²) in [4.78, 5) is 3.43. The lowest BCUT2D eigenvalue weighted by Gasteiger charge is -2.26. The van der Waals surface area contributed by atoms with Crippen LogP contribution in [0.2, 0.25) is 0 Å². The number of rotatable bonds is 0. The van der Waals surface area contributed by atoms with Crippen LogP contribution < -0.4 is 5.73 Å². The molecule has 16 heavy (non-hydrogen) atoms. The number of pyridine rings is 1. The standard InChI is InChI=1S/C11H15F3N2/c1-6-7(15)5-16-9(11(12,13)14)8(6)10(2,3)4/h5H,15H2,1-4H3. The van der Waals surface area contributed by atoms with E-state index >= 15 is 0 Å². The first-order chi connectivity index (χ1) is 7.05. The van der Waals surface area contributed by atoms with Crippen molar-refractivity contribution in [2.45, 2.75) is 39.3 Å². The van der Waals surface area contributed by atoms with Crippen molar-refractivity contribution in [2.24, 2.45) is 0 Å². The average molecular weight is 232 g/mol. The van der Waals surface area contributed by atoms with Crippen LogP contribution in [0.1, 0.15) is 37.6 Å². The molecule has 0 atom stereocenters. The third-order valence-corrected chi connectivity index (χ3v) is 2.40. The van der Waals surface area contributed by atoms with Crippen LogP contribution in [0.3, 0.4) is 0 Å². The molecule has 0 saturated carbocycles. The van der Waals surface area contributed by atoms with Gasteiger partial charge < -0.3 is 5.73 Å². The number of nitrogen functional groups attached to an aromatic ring is 1. The Labute approximate surface area is 92.7 Å². The normalized spacial score (nSPS) is 12.9. The van der Waals surface area contributed by atoms with Gasteiger partial charge in [-0.05, 0) is 23.5 Å². The van der Waals surface area contributed by atoms with E-state index in [0.29, 0.717) is 5.56 Å². The lowest BCUT2D eigenvalue weighted by molar-refractivity contribution is -0.142. The van der Waals surface area contributed by atoms with Gasteiger partial charge in [-0.2, -0.15) is 13.2 Å². The fourth-order valence-electron chi connectivity index (χ4n) is 1.75. The van der Waals surface area contributed by atoms with Crippen LogP contribution >= 0.6 is 0 Å². The maximum Gasteiger partial charge on any atom is 0.433 e. The van der Waals surface area contributed by atoms with Crippen LogP contribution in [0.4, 0.5) is 18.9 Å². The van der Waals surface area contributed by atoms with Crippen molar-refractivity contribution in [1.29, 1.82) is 0 Å². The number of aromatic nitrogens is 1. The molecule has 0 amide bonds. The number of nitrogens with two attached hydrogens (primary N) is 1. The largest absolute Gasteiger partial charge is 0.433 e. The van der Waals surface area contributed by atoms with Crippen molar-refractivity contribution in [1.82, 2.24) is 4.98 Å². The molecule has 1 aromatic heterocycles. The van der Waals surface area contributed by atoms with E-state index in [2.05, 4.69) is 4.98 Å². The number of halogens is 3. The summed E-state index contributed by atoms with van der Waals surface area (Å²) in [5.74, 6) is 0. The molecule has 1 heterocycles. The Hall–Kier alpha value is -1.26. The molecule has 0 unspecified atom stereocenters. The topological polar surface area (TPSA) is 38.9 Å². The number of nitrogens with zero attached hydrogens (tertiary/aromatic N) is 1. The van der Waals surface area contributed by atoms with Gasteiger partial charge >= 0.3 is 6.18 Å². The van der Waals surface area contributed by atoms with Crippen LogP contribution in [-0.2, 0) is 11.6 Å². The predicted octanol–water partition coefficient (Wildman–Crippen LogP) is 3.29. The number of hydrogen-bond acceptors (Lipinski definition) is 2. The molecule has 0 fully saturated rings. The van der Waals surface area contributed by atoms with Gasteiger partial charge in [0.05, 0.1) is 11.9 Å². The van der Waals surface area contributed by atoms with E-state index in [4.69, 9.17) is 5.73 Å². The third kappa shape index (κ3) is 2.28. The van der Waals surface area contributed by atoms with Crippen molar-refractivity contribution < 1.29 is 13.2 Å². The molecular formula is C11H15F3N2. The van der Waals surface area contributed by atoms with Gasteiger partial charge in [-0.25, -0.2) is 4.98 Å². The van der Waals surface area contributed by atoms with Crippen LogP contribution in [0, 0.1) is 6.92 Å². The number of hydrogen-bond donors (Lipinski definition) is 1. The van der Waals surface area contributed by atoms with Gasteiger partial charge in [0.1, 0.15) is 5.69 Å². The van der Waals surface area contributed by atoms with E-state index in [1.165, 1.54) is 0 Å². The van der Waals surface area contributed by atoms with E-state index < -0.39 is 17.3 Å². The minimum absolute atomic E-state index is 0.167. The fourth-order valence-corrected chi connectivity index (χ4v) is 1.75. The van der Waals surface area contributed by atoms with E-state index in [0.717, 1.165) is 6.20 Å². The van der Waals surface area contributed by atoms with Crippen LogP contribution in [0.5, 0.6) is 0 Å². The number of anilines is 1. The SMILES string of the molecule is Cc1c(N)cnc(C(F)(F)F)c1C(C)(C)C. The molecule has 0 aliphatic heterocycles. The van der Waals surface area contributed by atoms with E-state index in [9.17, 15) is 13.2 Å². The Morgan fingerprint density at radius 1 is 1.19 bits per heavy atom. The first-order valence-electron chi connectivity index (χ1n) is 4.88. The molecule has 0 aliphatic carbocycles. The lowest BCUT2D eigenvalue weighted by Crippen LogP contribution is -2.23. The molecule has 1 rings (SSSR count). The van der Waals surface area contributed by atoms with Crippen molar-refractivity contribution in [3.05, 3.63) is 23.0 Å². The third-order valence-electron chi connectivity index (χ3n) is 2.40. The molecule has 2 N–H and O–H groups in total. The van der Waals surface area contributed by atoms with Crippen LogP contribution in [0.15, 0.2) is 6.20 Å². The van der Waals surface area contributed by atoms with Crippen molar-refractivity contribution in [2.75, 3.05) is 5.73 Å². The maximum atomic E-state index is 12.8. The van der Waals surface area contributed by atoms with Gasteiger partial charge in [-0.15, -0.1) is 0 Å². The summed E-state index contributed by atoms with van der Waals surface area (Å²) in [5, 5.41) is 0. The Balaban J connectivity index is 3.59. The molecule has 0 aliphatic rings. The molecule has 0 radical (unpaired) electrons. The van der Waals surface area contributed by atoms with E-state index in [-0.39, 0.29) is 11.3 Å². The zero-order valence-electron chi connectivity index (χ0n) is 9.74. The summed E-state index contributed by atoms with van der Waals surface area (Å²) in [6.07, 6.45) is -3.38. The molecule has 0 spiro atoms. The lowest BCUT2D eigenvalue weighted by atomic mass is 9.82. The molecule has 5 heteroatoms. The summed E-state index contributed by atoms with van der Waals surface area (Å²) in [6, 6.07) is 0. The highest BCUT2D eigenvalue weighted by Gasteiger charge is 2.39. The van der Waals surface area contributed by atoms with E-state index in [1.807, 2.05) is 0 Å². The zero-order chi connectivity index (χ0) is 12.7. The first kappa shape index (κ1) is 12.8. The Kier molecular flexibility index (Phi) is 2.92. The van der Waals surface area contributed by atoms with E-state index in [1.54, 1.807) is 27.7 Å². The summed E-state index contributed by atoms with van der Waals surface area (Å²) in [7, 11) is 0. The molecule has 90 valence electrons. The second-order valence-corrected chi connectivity index (χ2v) is 4.81. The Morgan fingerprint density at radius 2 is 1.69 bits per heavy atom. The first-order valence-corrected chi connectivity index (χ1v) is 4.88. The average Bonchev–Trinajstić information content (AvgIpc) is 2.05. The zero-order valence-corrected chi connectivity index (χ0v) is 9.74. The Morgan fingerprint density at radius 3 is 2.06 bits per heavy atom. The van der Waals surface area contributed by atoms with Gasteiger partial charge in [0, 0.05) is 0 Å². The maximum absolute atomic E-state index is 12.8. The molecule has 2 nitrogen and oxygen atoms in total. The predicted molar refractivity (Wildman–Crippen MR) is 57.1 cm³/mol. The second kappa shape index (κ2) is 3.64. The summed E-state index contributed by atoms with van der Waals surface area (Å²) in [6.45, 7) is 6.73. The smallest absolute Gasteiger partial charge is 0.397 e. The van der Waals surface area contributed by atoms with Crippen molar-refractivity contribution in [3.63, 3.8) is 0 Å². The highest BCUT2D eigenvalue weighted by atomic mass is 19.4. The minimum Gasteiger partial charge on any atom is -0.397 e. The highest BCUT2D eigenvalue weighted by molar-refractivity contribution is 5.52. The monoisotopic (exact) mass is 232 g/mol. The van der Waals surface area contributed by atoms with Gasteiger partial charge in [0.25, 0.3) is 0 Å². The molecule has 1 aromatic rings. The quantitative estimate of drug-likeness (QED) is 0.745.